The molecule has 4 nitrogen and oxygen atoms in total. The van der Waals surface area contributed by atoms with Crippen LogP contribution in [0.1, 0.15) is 22.3 Å². The summed E-state index contributed by atoms with van der Waals surface area (Å²) < 4.78 is 1.01. The van der Waals surface area contributed by atoms with E-state index in [9.17, 15) is 4.79 Å². The Hall–Kier alpha value is -0.910. The van der Waals surface area contributed by atoms with Crippen LogP contribution in [-0.4, -0.2) is 61.0 Å². The molecule has 2 aliphatic heterocycles. The van der Waals surface area contributed by atoms with Crippen molar-refractivity contribution in [1.29, 1.82) is 0 Å². The molecule has 1 aromatic carbocycles. The SMILES string of the molecule is Cc1ccc(C(=O)N2CCC(N3CCNCC3)C2)cc1Br. The largest absolute Gasteiger partial charge is 0.337 e. The molecule has 3 rings (SSSR count). The second-order valence-corrected chi connectivity index (χ2v) is 6.80. The van der Waals surface area contributed by atoms with Gasteiger partial charge in [-0.1, -0.05) is 22.0 Å². The number of amides is 1. The molecule has 1 amide bonds. The molecule has 0 saturated carbocycles. The lowest BCUT2D eigenvalue weighted by molar-refractivity contribution is 0.0773. The molecular formula is C16H22BrN3O. The topological polar surface area (TPSA) is 35.6 Å². The van der Waals surface area contributed by atoms with Crippen molar-refractivity contribution in [1.82, 2.24) is 15.1 Å². The first kappa shape index (κ1) is 15.0. The summed E-state index contributed by atoms with van der Waals surface area (Å²) in [5.41, 5.74) is 1.94. The predicted octanol–water partition coefficient (Wildman–Crippen LogP) is 1.88. The highest BCUT2D eigenvalue weighted by atomic mass is 79.9. The molecule has 0 aromatic heterocycles. The number of carbonyl (C=O) groups excluding carboxylic acids is 1. The van der Waals surface area contributed by atoms with Crippen LogP contribution in [0.2, 0.25) is 0 Å². The average molecular weight is 352 g/mol. The van der Waals surface area contributed by atoms with Gasteiger partial charge in [0, 0.05) is 55.3 Å². The third-order valence-corrected chi connectivity index (χ3v) is 5.39. The van der Waals surface area contributed by atoms with Crippen LogP contribution in [0.3, 0.4) is 0 Å². The van der Waals surface area contributed by atoms with E-state index < -0.39 is 0 Å². The van der Waals surface area contributed by atoms with Crippen LogP contribution in [0.15, 0.2) is 22.7 Å². The Morgan fingerprint density at radius 1 is 1.29 bits per heavy atom. The first-order valence-corrected chi connectivity index (χ1v) is 8.44. The Morgan fingerprint density at radius 2 is 2.05 bits per heavy atom. The van der Waals surface area contributed by atoms with Crippen LogP contribution in [-0.2, 0) is 0 Å². The van der Waals surface area contributed by atoms with Gasteiger partial charge in [0.15, 0.2) is 0 Å². The molecule has 0 bridgehead atoms. The second-order valence-electron chi connectivity index (χ2n) is 5.94. The zero-order chi connectivity index (χ0) is 14.8. The number of carbonyl (C=O) groups is 1. The van der Waals surface area contributed by atoms with Crippen LogP contribution in [0, 0.1) is 6.92 Å². The molecule has 1 unspecified atom stereocenters. The number of likely N-dealkylation sites (tertiary alicyclic amines) is 1. The summed E-state index contributed by atoms with van der Waals surface area (Å²) in [6.45, 7) is 8.11. The Morgan fingerprint density at radius 3 is 2.76 bits per heavy atom. The summed E-state index contributed by atoms with van der Waals surface area (Å²) in [6.07, 6.45) is 1.10. The maximum atomic E-state index is 12.6. The molecule has 2 saturated heterocycles. The first-order chi connectivity index (χ1) is 10.1. The lowest BCUT2D eigenvalue weighted by Crippen LogP contribution is -2.49. The van der Waals surface area contributed by atoms with Crippen molar-refractivity contribution < 1.29 is 4.79 Å². The first-order valence-electron chi connectivity index (χ1n) is 7.65. The zero-order valence-electron chi connectivity index (χ0n) is 12.4. The number of nitrogens with one attached hydrogen (secondary N) is 1. The van der Waals surface area contributed by atoms with E-state index in [1.165, 1.54) is 0 Å². The molecular weight excluding hydrogens is 330 g/mol. The van der Waals surface area contributed by atoms with Crippen LogP contribution in [0.25, 0.3) is 0 Å². The van der Waals surface area contributed by atoms with E-state index in [2.05, 4.69) is 26.1 Å². The summed E-state index contributed by atoms with van der Waals surface area (Å²) >= 11 is 3.51. The normalized spacial score (nSPS) is 23.5. The summed E-state index contributed by atoms with van der Waals surface area (Å²) in [7, 11) is 0. The van der Waals surface area contributed by atoms with Gasteiger partial charge in [0.2, 0.25) is 0 Å². The Kier molecular flexibility index (Phi) is 4.62. The number of hydrogen-bond donors (Lipinski definition) is 1. The van der Waals surface area contributed by atoms with Crippen LogP contribution >= 0.6 is 15.9 Å². The number of hydrogen-bond acceptors (Lipinski definition) is 3. The second kappa shape index (κ2) is 6.46. The fraction of sp³-hybridized carbons (Fsp3) is 0.562. The van der Waals surface area contributed by atoms with Gasteiger partial charge < -0.3 is 10.2 Å². The van der Waals surface area contributed by atoms with E-state index in [0.29, 0.717) is 6.04 Å². The maximum absolute atomic E-state index is 12.6. The van der Waals surface area contributed by atoms with Gasteiger partial charge >= 0.3 is 0 Å². The Labute approximate surface area is 134 Å². The molecule has 5 heteroatoms. The van der Waals surface area contributed by atoms with Gasteiger partial charge in [-0.3, -0.25) is 9.69 Å². The van der Waals surface area contributed by atoms with Crippen molar-refractivity contribution in [3.05, 3.63) is 33.8 Å². The summed E-state index contributed by atoms with van der Waals surface area (Å²) in [5, 5.41) is 3.38. The van der Waals surface area contributed by atoms with Crippen LogP contribution in [0.5, 0.6) is 0 Å². The lowest BCUT2D eigenvalue weighted by atomic mass is 10.1. The van der Waals surface area contributed by atoms with E-state index in [1.807, 2.05) is 30.0 Å². The smallest absolute Gasteiger partial charge is 0.253 e. The summed E-state index contributed by atoms with van der Waals surface area (Å²) in [4.78, 5) is 17.1. The number of piperazine rings is 1. The van der Waals surface area contributed by atoms with Gasteiger partial charge in [0.05, 0.1) is 0 Å². The molecule has 114 valence electrons. The standard InChI is InChI=1S/C16H22BrN3O/c1-12-2-3-13(10-15(12)17)16(21)20-7-4-14(11-20)19-8-5-18-6-9-19/h2-3,10,14,18H,4-9,11H2,1H3. The molecule has 0 spiro atoms. The van der Waals surface area contributed by atoms with Gasteiger partial charge in [-0.25, -0.2) is 0 Å². The molecule has 2 aliphatic rings. The quantitative estimate of drug-likeness (QED) is 0.883. The highest BCUT2D eigenvalue weighted by Gasteiger charge is 2.31. The van der Waals surface area contributed by atoms with Gasteiger partial charge in [-0.05, 0) is 31.0 Å². The van der Waals surface area contributed by atoms with Gasteiger partial charge in [0.1, 0.15) is 0 Å². The van der Waals surface area contributed by atoms with Crippen LogP contribution < -0.4 is 5.32 Å². The zero-order valence-corrected chi connectivity index (χ0v) is 14.0. The Balaban J connectivity index is 1.64. The van der Waals surface area contributed by atoms with Crippen molar-refractivity contribution in [2.24, 2.45) is 0 Å². The highest BCUT2D eigenvalue weighted by Crippen LogP contribution is 2.22. The number of aryl methyl sites for hydroxylation is 1. The fourth-order valence-electron chi connectivity index (χ4n) is 3.18. The summed E-state index contributed by atoms with van der Waals surface area (Å²) in [5.74, 6) is 0.160. The molecule has 2 heterocycles. The maximum Gasteiger partial charge on any atom is 0.253 e. The van der Waals surface area contributed by atoms with Crippen molar-refractivity contribution in [3.63, 3.8) is 0 Å². The molecule has 2 fully saturated rings. The van der Waals surface area contributed by atoms with Crippen molar-refractivity contribution in [3.8, 4) is 0 Å². The van der Waals surface area contributed by atoms with E-state index in [4.69, 9.17) is 0 Å². The molecule has 0 radical (unpaired) electrons. The third-order valence-electron chi connectivity index (χ3n) is 4.54. The molecule has 21 heavy (non-hydrogen) atoms. The highest BCUT2D eigenvalue weighted by molar-refractivity contribution is 9.10. The third kappa shape index (κ3) is 3.30. The van der Waals surface area contributed by atoms with Crippen molar-refractivity contribution in [2.45, 2.75) is 19.4 Å². The van der Waals surface area contributed by atoms with E-state index >= 15 is 0 Å². The average Bonchev–Trinajstić information content (AvgIpc) is 3.00. The Bertz CT molecular complexity index is 528. The molecule has 1 N–H and O–H groups in total. The minimum absolute atomic E-state index is 0.160. The van der Waals surface area contributed by atoms with E-state index in [1.54, 1.807) is 0 Å². The van der Waals surface area contributed by atoms with Gasteiger partial charge in [-0.2, -0.15) is 0 Å². The van der Waals surface area contributed by atoms with Crippen LogP contribution in [0.4, 0.5) is 0 Å². The number of nitrogens with zero attached hydrogens (tertiary/aromatic N) is 2. The minimum Gasteiger partial charge on any atom is -0.337 e. The van der Waals surface area contributed by atoms with E-state index in [0.717, 1.165) is 61.3 Å². The van der Waals surface area contributed by atoms with Crippen molar-refractivity contribution in [2.75, 3.05) is 39.3 Å². The lowest BCUT2D eigenvalue weighted by Gasteiger charge is -2.32. The molecule has 1 aromatic rings. The number of benzene rings is 1. The monoisotopic (exact) mass is 351 g/mol. The van der Waals surface area contributed by atoms with Gasteiger partial charge in [-0.15, -0.1) is 0 Å². The van der Waals surface area contributed by atoms with Crippen molar-refractivity contribution >= 4 is 21.8 Å². The minimum atomic E-state index is 0.160. The molecule has 0 aliphatic carbocycles. The predicted molar refractivity (Wildman–Crippen MR) is 87.6 cm³/mol. The fourth-order valence-corrected chi connectivity index (χ4v) is 3.56. The van der Waals surface area contributed by atoms with Gasteiger partial charge in [0.25, 0.3) is 5.91 Å². The number of rotatable bonds is 2. The van der Waals surface area contributed by atoms with E-state index in [-0.39, 0.29) is 5.91 Å². The molecule has 1 atom stereocenters. The summed E-state index contributed by atoms with van der Waals surface area (Å²) in [6, 6.07) is 6.40. The number of halogens is 1.